The Balaban J connectivity index is 1.35. The molecular formula is C24H22N4O3S2. The number of benzene rings is 2. The summed E-state index contributed by atoms with van der Waals surface area (Å²) in [5, 5.41) is 11.8. The second kappa shape index (κ2) is 9.75. The minimum Gasteiger partial charge on any atom is -0.348 e. The first-order valence-corrected chi connectivity index (χ1v) is 12.8. The number of sulfone groups is 1. The highest BCUT2D eigenvalue weighted by molar-refractivity contribution is 7.97. The fourth-order valence-electron chi connectivity index (χ4n) is 3.42. The number of fused-ring (bicyclic) bond motifs is 1. The van der Waals surface area contributed by atoms with E-state index in [0.29, 0.717) is 30.8 Å². The molecule has 3 aromatic rings. The minimum absolute atomic E-state index is 0.0534. The van der Waals surface area contributed by atoms with Gasteiger partial charge in [0.25, 0.3) is 5.91 Å². The third-order valence-electron chi connectivity index (χ3n) is 5.33. The van der Waals surface area contributed by atoms with Crippen molar-refractivity contribution in [2.45, 2.75) is 36.3 Å². The van der Waals surface area contributed by atoms with Crippen LogP contribution in [0.1, 0.15) is 39.7 Å². The van der Waals surface area contributed by atoms with Gasteiger partial charge in [-0.05, 0) is 65.5 Å². The molecule has 1 aromatic heterocycles. The lowest BCUT2D eigenvalue weighted by molar-refractivity contribution is 0.0950. The van der Waals surface area contributed by atoms with E-state index in [2.05, 4.69) is 20.7 Å². The van der Waals surface area contributed by atoms with Gasteiger partial charge in [-0.25, -0.2) is 12.7 Å². The molecule has 0 bridgehead atoms. The number of hydrogen-bond donors (Lipinski definition) is 1. The van der Waals surface area contributed by atoms with Crippen molar-refractivity contribution in [3.8, 4) is 6.07 Å². The molecule has 2 aromatic carbocycles. The number of carbonyl (C=O) groups is 1. The average Bonchev–Trinajstić information content (AvgIpc) is 3.24. The van der Waals surface area contributed by atoms with Crippen LogP contribution < -0.4 is 5.32 Å². The molecule has 1 aliphatic rings. The minimum atomic E-state index is -3.24. The van der Waals surface area contributed by atoms with Crippen LogP contribution in [0.2, 0.25) is 0 Å². The first-order valence-electron chi connectivity index (χ1n) is 10.4. The Morgan fingerprint density at radius 3 is 2.55 bits per heavy atom. The van der Waals surface area contributed by atoms with Gasteiger partial charge in [-0.15, -0.1) is 0 Å². The summed E-state index contributed by atoms with van der Waals surface area (Å²) in [5.74, 6) is -0.175. The zero-order valence-electron chi connectivity index (χ0n) is 18.0. The highest BCUT2D eigenvalue weighted by Crippen LogP contribution is 2.32. The van der Waals surface area contributed by atoms with Gasteiger partial charge in [-0.2, -0.15) is 5.26 Å². The number of rotatable bonds is 7. The molecule has 0 atom stereocenters. The van der Waals surface area contributed by atoms with Crippen molar-refractivity contribution < 1.29 is 13.2 Å². The van der Waals surface area contributed by atoms with E-state index in [9.17, 15) is 13.2 Å². The maximum absolute atomic E-state index is 12.6. The third-order valence-corrected chi connectivity index (χ3v) is 8.08. The molecule has 0 unspecified atom stereocenters. The number of aromatic nitrogens is 1. The predicted octanol–water partition coefficient (Wildman–Crippen LogP) is 3.70. The first kappa shape index (κ1) is 23.0. The van der Waals surface area contributed by atoms with Crippen LogP contribution in [0.4, 0.5) is 0 Å². The van der Waals surface area contributed by atoms with Crippen molar-refractivity contribution >= 4 is 27.7 Å². The molecule has 0 spiro atoms. The standard InChI is InChI=1S/C24H22N4O3S2/c1-2-33(30,31)22-9-5-18(6-10-22)13-27-24(29)19-11-20-15-28(16-23(20)26-14-19)32-21-7-3-17(12-25)4-8-21/h3-11,14H,2,13,15-16H2,1H3,(H,27,29). The summed E-state index contributed by atoms with van der Waals surface area (Å²) in [4.78, 5) is 18.4. The molecule has 0 radical (unpaired) electrons. The maximum atomic E-state index is 12.6. The molecule has 4 rings (SSSR count). The van der Waals surface area contributed by atoms with Gasteiger partial charge >= 0.3 is 0 Å². The van der Waals surface area contributed by atoms with Crippen LogP contribution in [0, 0.1) is 11.3 Å². The fourth-order valence-corrected chi connectivity index (χ4v) is 5.26. The van der Waals surface area contributed by atoms with E-state index < -0.39 is 9.84 Å². The van der Waals surface area contributed by atoms with Gasteiger partial charge in [-0.1, -0.05) is 19.1 Å². The summed E-state index contributed by atoms with van der Waals surface area (Å²) >= 11 is 1.59. The lowest BCUT2D eigenvalue weighted by Crippen LogP contribution is -2.23. The van der Waals surface area contributed by atoms with Crippen molar-refractivity contribution in [3.05, 3.63) is 88.7 Å². The number of nitrogens with zero attached hydrogens (tertiary/aromatic N) is 3. The SMILES string of the molecule is CCS(=O)(=O)c1ccc(CNC(=O)c2cnc3c(c2)CN(Sc2ccc(C#N)cc2)C3)cc1. The Morgan fingerprint density at radius 2 is 1.88 bits per heavy atom. The molecule has 1 amide bonds. The van der Waals surface area contributed by atoms with Crippen LogP contribution in [0.25, 0.3) is 0 Å². The van der Waals surface area contributed by atoms with Crippen molar-refractivity contribution in [2.75, 3.05) is 5.75 Å². The summed E-state index contributed by atoms with van der Waals surface area (Å²) in [7, 11) is -3.24. The van der Waals surface area contributed by atoms with Crippen LogP contribution in [0.5, 0.6) is 0 Å². The van der Waals surface area contributed by atoms with E-state index in [0.717, 1.165) is 21.7 Å². The number of nitriles is 1. The molecule has 2 heterocycles. The molecule has 33 heavy (non-hydrogen) atoms. The van der Waals surface area contributed by atoms with Crippen molar-refractivity contribution in [3.63, 3.8) is 0 Å². The Morgan fingerprint density at radius 1 is 1.15 bits per heavy atom. The summed E-state index contributed by atoms with van der Waals surface area (Å²) in [6.07, 6.45) is 1.58. The monoisotopic (exact) mass is 478 g/mol. The molecule has 0 fully saturated rings. The maximum Gasteiger partial charge on any atom is 0.253 e. The molecular weight excluding hydrogens is 456 g/mol. The Hall–Kier alpha value is -3.19. The quantitative estimate of drug-likeness (QED) is 0.517. The summed E-state index contributed by atoms with van der Waals surface area (Å²) < 4.78 is 26.0. The zero-order chi connectivity index (χ0) is 23.4. The van der Waals surface area contributed by atoms with Gasteiger partial charge in [0, 0.05) is 24.2 Å². The zero-order valence-corrected chi connectivity index (χ0v) is 19.6. The van der Waals surface area contributed by atoms with Crippen LogP contribution in [0.3, 0.4) is 0 Å². The van der Waals surface area contributed by atoms with Crippen molar-refractivity contribution in [2.24, 2.45) is 0 Å². The van der Waals surface area contributed by atoms with Gasteiger partial charge in [0.05, 0.1) is 40.1 Å². The lowest BCUT2D eigenvalue weighted by Gasteiger charge is -2.12. The summed E-state index contributed by atoms with van der Waals surface area (Å²) in [6.45, 7) is 3.25. The molecule has 0 aliphatic carbocycles. The number of pyridine rings is 1. The average molecular weight is 479 g/mol. The molecule has 7 nitrogen and oxygen atoms in total. The first-order chi connectivity index (χ1) is 15.9. The predicted molar refractivity (Wildman–Crippen MR) is 126 cm³/mol. The number of carbonyl (C=O) groups excluding carboxylic acids is 1. The Bertz CT molecular complexity index is 1320. The largest absolute Gasteiger partial charge is 0.348 e. The van der Waals surface area contributed by atoms with E-state index in [-0.39, 0.29) is 16.6 Å². The van der Waals surface area contributed by atoms with Crippen molar-refractivity contribution in [1.82, 2.24) is 14.6 Å². The Labute approximate surface area is 197 Å². The van der Waals surface area contributed by atoms with Crippen molar-refractivity contribution in [1.29, 1.82) is 5.26 Å². The normalized spacial score (nSPS) is 13.3. The van der Waals surface area contributed by atoms with Gasteiger partial charge in [0.15, 0.2) is 9.84 Å². The smallest absolute Gasteiger partial charge is 0.253 e. The van der Waals surface area contributed by atoms with Crippen LogP contribution in [-0.2, 0) is 29.5 Å². The van der Waals surface area contributed by atoms with Crippen LogP contribution in [-0.4, -0.2) is 29.4 Å². The van der Waals surface area contributed by atoms with Crippen LogP contribution >= 0.6 is 11.9 Å². The fraction of sp³-hybridized carbons (Fsp3) is 0.208. The number of nitrogens with one attached hydrogen (secondary N) is 1. The second-order valence-electron chi connectivity index (χ2n) is 7.59. The summed E-state index contributed by atoms with van der Waals surface area (Å²) in [6, 6.07) is 18.0. The summed E-state index contributed by atoms with van der Waals surface area (Å²) in [5.41, 5.74) is 3.89. The molecule has 0 saturated heterocycles. The Kier molecular flexibility index (Phi) is 6.79. The molecule has 9 heteroatoms. The molecule has 1 N–H and O–H groups in total. The van der Waals surface area contributed by atoms with E-state index in [1.807, 2.05) is 18.2 Å². The van der Waals surface area contributed by atoms with E-state index in [1.165, 1.54) is 0 Å². The molecule has 168 valence electrons. The highest BCUT2D eigenvalue weighted by atomic mass is 32.2. The van der Waals surface area contributed by atoms with Crippen LogP contribution in [0.15, 0.2) is 70.6 Å². The van der Waals surface area contributed by atoms with E-state index >= 15 is 0 Å². The highest BCUT2D eigenvalue weighted by Gasteiger charge is 2.22. The van der Waals surface area contributed by atoms with E-state index in [1.54, 1.807) is 61.5 Å². The molecule has 0 saturated carbocycles. The van der Waals surface area contributed by atoms with Gasteiger partial charge in [-0.3, -0.25) is 9.78 Å². The third kappa shape index (κ3) is 5.42. The number of amides is 1. The topological polar surface area (TPSA) is 103 Å². The molecule has 1 aliphatic heterocycles. The lowest BCUT2D eigenvalue weighted by atomic mass is 10.1. The second-order valence-corrected chi connectivity index (χ2v) is 11.0. The van der Waals surface area contributed by atoms with Gasteiger partial charge < -0.3 is 5.32 Å². The number of hydrogen-bond acceptors (Lipinski definition) is 7. The van der Waals surface area contributed by atoms with E-state index in [4.69, 9.17) is 5.26 Å². The van der Waals surface area contributed by atoms with Gasteiger partial charge in [0.2, 0.25) is 0 Å². The van der Waals surface area contributed by atoms with Gasteiger partial charge in [0.1, 0.15) is 0 Å².